The molecule has 0 spiro atoms. The number of phenolic OH excluding ortho intramolecular Hbond substituents is 1. The van der Waals surface area contributed by atoms with Crippen LogP contribution in [0.25, 0.3) is 0 Å². The maximum atomic E-state index is 10.9. The van der Waals surface area contributed by atoms with E-state index in [1.807, 2.05) is 19.9 Å². The number of aryl methyl sites for hydroxylation is 1. The fraction of sp³-hybridized carbons (Fsp3) is 0.636. The van der Waals surface area contributed by atoms with Crippen LogP contribution in [0.1, 0.15) is 76.8 Å². The summed E-state index contributed by atoms with van der Waals surface area (Å²) in [6.07, 6.45) is 5.61. The van der Waals surface area contributed by atoms with E-state index in [1.165, 1.54) is 12.8 Å². The van der Waals surface area contributed by atoms with Crippen molar-refractivity contribution in [2.24, 2.45) is 5.41 Å². The fourth-order valence-electron chi connectivity index (χ4n) is 4.59. The molecule has 3 nitrogen and oxygen atoms in total. The number of allylic oxidation sites excluding steroid dienone is 1. The minimum Gasteiger partial charge on any atom is -0.508 e. The smallest absolute Gasteiger partial charge is 0.135 e. The van der Waals surface area contributed by atoms with Crippen LogP contribution in [0, 0.1) is 5.41 Å². The van der Waals surface area contributed by atoms with E-state index in [4.69, 9.17) is 4.74 Å². The zero-order valence-corrected chi connectivity index (χ0v) is 16.1. The zero-order chi connectivity index (χ0) is 18.4. The number of hydrogen-bond donors (Lipinski definition) is 2. The van der Waals surface area contributed by atoms with Gasteiger partial charge in [-0.05, 0) is 62.6 Å². The van der Waals surface area contributed by atoms with Gasteiger partial charge in [-0.25, -0.2) is 0 Å². The first-order chi connectivity index (χ1) is 11.7. The van der Waals surface area contributed by atoms with Crippen molar-refractivity contribution in [1.82, 2.24) is 0 Å². The minimum absolute atomic E-state index is 0.0616. The van der Waals surface area contributed by atoms with Crippen molar-refractivity contribution in [2.75, 3.05) is 0 Å². The van der Waals surface area contributed by atoms with Crippen LogP contribution in [0.4, 0.5) is 0 Å². The van der Waals surface area contributed by atoms with E-state index in [0.717, 1.165) is 41.7 Å². The highest BCUT2D eigenvalue weighted by Crippen LogP contribution is 2.61. The van der Waals surface area contributed by atoms with Gasteiger partial charge in [0.1, 0.15) is 17.6 Å². The third-order valence-corrected chi connectivity index (χ3v) is 6.54. The summed E-state index contributed by atoms with van der Waals surface area (Å²) in [6, 6.07) is 3.96. The van der Waals surface area contributed by atoms with Crippen molar-refractivity contribution in [3.05, 3.63) is 35.4 Å². The Bertz CT molecular complexity index is 676. The lowest BCUT2D eigenvalue weighted by molar-refractivity contribution is -0.0990. The van der Waals surface area contributed by atoms with Crippen LogP contribution in [0.3, 0.4) is 0 Å². The molecule has 1 aliphatic heterocycles. The molecule has 0 saturated heterocycles. The third kappa shape index (κ3) is 2.97. The number of phenols is 1. The van der Waals surface area contributed by atoms with E-state index in [1.54, 1.807) is 0 Å². The number of hydrogen-bond acceptors (Lipinski definition) is 3. The average Bonchev–Trinajstić information content (AvgIpc) is 2.94. The number of ether oxygens (including phenoxy) is 1. The van der Waals surface area contributed by atoms with E-state index in [0.29, 0.717) is 12.2 Å². The third-order valence-electron chi connectivity index (χ3n) is 6.54. The van der Waals surface area contributed by atoms with Gasteiger partial charge in [0.25, 0.3) is 0 Å². The monoisotopic (exact) mass is 344 g/mol. The van der Waals surface area contributed by atoms with Crippen molar-refractivity contribution in [1.29, 1.82) is 0 Å². The first-order valence-corrected chi connectivity index (χ1v) is 9.61. The van der Waals surface area contributed by atoms with Crippen LogP contribution in [0.15, 0.2) is 24.3 Å². The van der Waals surface area contributed by atoms with E-state index in [9.17, 15) is 10.2 Å². The molecular weight excluding hydrogens is 312 g/mol. The van der Waals surface area contributed by atoms with E-state index >= 15 is 0 Å². The predicted octanol–water partition coefficient (Wildman–Crippen LogP) is 5.10. The molecule has 2 N–H and O–H groups in total. The lowest BCUT2D eigenvalue weighted by atomic mass is 9.57. The summed E-state index contributed by atoms with van der Waals surface area (Å²) >= 11 is 0. The summed E-state index contributed by atoms with van der Waals surface area (Å²) in [5.74, 6) is 0.992. The first kappa shape index (κ1) is 18.3. The second-order valence-electron chi connectivity index (χ2n) is 8.55. The topological polar surface area (TPSA) is 49.7 Å². The van der Waals surface area contributed by atoms with Gasteiger partial charge in [-0.1, -0.05) is 38.8 Å². The SMILES string of the molecule is C=C(C)[C@]1(C)CC[C@](C)(O)C2Oc3cc(CCCCC)cc(O)c3C21. The molecule has 1 fully saturated rings. The van der Waals surface area contributed by atoms with Crippen LogP contribution in [-0.2, 0) is 6.42 Å². The standard InChI is InChI=1S/C22H32O3/c1-6-7-8-9-15-12-16(23)18-17(13-15)25-20-19(18)21(4,14(2)3)10-11-22(20,5)24/h12-13,19-20,23-24H,2,6-11H2,1,3-5H3/t19?,20?,21-,22-/m0/s1. The summed E-state index contributed by atoms with van der Waals surface area (Å²) in [6.45, 7) is 12.5. The lowest BCUT2D eigenvalue weighted by Gasteiger charge is -2.49. The van der Waals surface area contributed by atoms with Gasteiger partial charge in [-0.2, -0.15) is 0 Å². The van der Waals surface area contributed by atoms with Crippen molar-refractivity contribution < 1.29 is 14.9 Å². The summed E-state index contributed by atoms with van der Waals surface area (Å²) in [7, 11) is 0. The summed E-state index contributed by atoms with van der Waals surface area (Å²) in [5, 5.41) is 21.7. The summed E-state index contributed by atoms with van der Waals surface area (Å²) in [4.78, 5) is 0. The normalized spacial score (nSPS) is 33.5. The second kappa shape index (κ2) is 6.35. The molecule has 3 rings (SSSR count). The quantitative estimate of drug-likeness (QED) is 0.577. The molecule has 2 unspecified atom stereocenters. The Hall–Kier alpha value is -1.48. The van der Waals surface area contributed by atoms with Gasteiger partial charge in [0, 0.05) is 11.5 Å². The molecule has 0 amide bonds. The van der Waals surface area contributed by atoms with E-state index in [2.05, 4.69) is 26.5 Å². The van der Waals surface area contributed by atoms with Gasteiger partial charge in [0.15, 0.2) is 0 Å². The predicted molar refractivity (Wildman–Crippen MR) is 101 cm³/mol. The highest BCUT2D eigenvalue weighted by molar-refractivity contribution is 5.55. The Morgan fingerprint density at radius 3 is 2.64 bits per heavy atom. The Balaban J connectivity index is 2.02. The number of aliphatic hydroxyl groups is 1. The summed E-state index contributed by atoms with van der Waals surface area (Å²) < 4.78 is 6.25. The van der Waals surface area contributed by atoms with E-state index < -0.39 is 5.60 Å². The molecule has 1 aromatic carbocycles. The van der Waals surface area contributed by atoms with Crippen molar-refractivity contribution in [3.8, 4) is 11.5 Å². The van der Waals surface area contributed by atoms with Crippen LogP contribution in [0.5, 0.6) is 11.5 Å². The van der Waals surface area contributed by atoms with Crippen molar-refractivity contribution >= 4 is 0 Å². The summed E-state index contributed by atoms with van der Waals surface area (Å²) in [5.41, 5.74) is 1.97. The Morgan fingerprint density at radius 2 is 2.00 bits per heavy atom. The lowest BCUT2D eigenvalue weighted by Crippen LogP contribution is -2.53. The fourth-order valence-corrected chi connectivity index (χ4v) is 4.59. The molecule has 0 aromatic heterocycles. The molecule has 3 heteroatoms. The van der Waals surface area contributed by atoms with Gasteiger partial charge >= 0.3 is 0 Å². The molecular formula is C22H32O3. The zero-order valence-electron chi connectivity index (χ0n) is 16.1. The molecule has 1 aromatic rings. The molecule has 2 aliphatic rings. The van der Waals surface area contributed by atoms with Gasteiger partial charge < -0.3 is 14.9 Å². The molecule has 1 saturated carbocycles. The van der Waals surface area contributed by atoms with E-state index in [-0.39, 0.29) is 17.4 Å². The Morgan fingerprint density at radius 1 is 1.28 bits per heavy atom. The van der Waals surface area contributed by atoms with Crippen LogP contribution in [0.2, 0.25) is 0 Å². The molecule has 138 valence electrons. The number of fused-ring (bicyclic) bond motifs is 3. The average molecular weight is 344 g/mol. The maximum Gasteiger partial charge on any atom is 0.135 e. The number of benzene rings is 1. The van der Waals surface area contributed by atoms with Crippen LogP contribution in [-0.4, -0.2) is 21.9 Å². The molecule has 25 heavy (non-hydrogen) atoms. The number of unbranched alkanes of at least 4 members (excludes halogenated alkanes) is 2. The highest BCUT2D eigenvalue weighted by Gasteiger charge is 2.58. The van der Waals surface area contributed by atoms with Crippen molar-refractivity contribution in [3.63, 3.8) is 0 Å². The molecule has 0 bridgehead atoms. The number of rotatable bonds is 5. The molecule has 4 atom stereocenters. The van der Waals surface area contributed by atoms with Gasteiger partial charge in [0.05, 0.1) is 5.60 Å². The van der Waals surface area contributed by atoms with Gasteiger partial charge in [0.2, 0.25) is 0 Å². The van der Waals surface area contributed by atoms with Gasteiger partial charge in [-0.3, -0.25) is 0 Å². The van der Waals surface area contributed by atoms with Crippen LogP contribution >= 0.6 is 0 Å². The minimum atomic E-state index is -0.895. The highest BCUT2D eigenvalue weighted by atomic mass is 16.5. The van der Waals surface area contributed by atoms with Crippen LogP contribution < -0.4 is 4.74 Å². The first-order valence-electron chi connectivity index (χ1n) is 9.61. The number of aromatic hydroxyl groups is 1. The van der Waals surface area contributed by atoms with Gasteiger partial charge in [-0.15, -0.1) is 0 Å². The van der Waals surface area contributed by atoms with Crippen molar-refractivity contribution in [2.45, 2.75) is 83.8 Å². The Labute approximate surface area is 151 Å². The second-order valence-corrected chi connectivity index (χ2v) is 8.55. The maximum absolute atomic E-state index is 10.9. The molecule has 0 radical (unpaired) electrons. The Kier molecular flexibility index (Phi) is 4.65. The molecule has 1 heterocycles. The largest absolute Gasteiger partial charge is 0.508 e. The molecule has 1 aliphatic carbocycles.